The van der Waals surface area contributed by atoms with Crippen LogP contribution in [0.2, 0.25) is 5.02 Å². The van der Waals surface area contributed by atoms with Gasteiger partial charge >= 0.3 is 0 Å². The smallest absolute Gasteiger partial charge is 0.124 e. The van der Waals surface area contributed by atoms with E-state index in [1.807, 2.05) is 0 Å². The van der Waals surface area contributed by atoms with Gasteiger partial charge in [-0.3, -0.25) is 11.3 Å². The van der Waals surface area contributed by atoms with Crippen molar-refractivity contribution in [2.75, 3.05) is 33.7 Å². The van der Waals surface area contributed by atoms with Crippen LogP contribution in [0.15, 0.2) is 18.2 Å². The number of piperazine rings is 1. The fourth-order valence-corrected chi connectivity index (χ4v) is 3.09. The van der Waals surface area contributed by atoms with E-state index in [-0.39, 0.29) is 11.9 Å². The monoisotopic (exact) mass is 314 g/mol. The van der Waals surface area contributed by atoms with Crippen LogP contribution >= 0.6 is 11.6 Å². The number of halogens is 2. The van der Waals surface area contributed by atoms with Gasteiger partial charge in [0.25, 0.3) is 0 Å². The summed E-state index contributed by atoms with van der Waals surface area (Å²) in [5, 5.41) is 0.462. The Labute approximate surface area is 131 Å². The van der Waals surface area contributed by atoms with Gasteiger partial charge in [0.2, 0.25) is 0 Å². The SMILES string of the molecule is CN1CCN(C)C(CC(Cc2ccc(F)cc2Cl)NN)C1. The summed E-state index contributed by atoms with van der Waals surface area (Å²) >= 11 is 6.10. The molecule has 4 nitrogen and oxygen atoms in total. The highest BCUT2D eigenvalue weighted by molar-refractivity contribution is 6.31. The van der Waals surface area contributed by atoms with Crippen molar-refractivity contribution in [3.63, 3.8) is 0 Å². The Bertz CT molecular complexity index is 471. The molecule has 118 valence electrons. The van der Waals surface area contributed by atoms with Crippen LogP contribution in [0, 0.1) is 5.82 Å². The lowest BCUT2D eigenvalue weighted by Crippen LogP contribution is -2.53. The second kappa shape index (κ2) is 7.51. The molecule has 0 amide bonds. The molecule has 0 radical (unpaired) electrons. The van der Waals surface area contributed by atoms with E-state index < -0.39 is 0 Å². The normalized spacial score (nSPS) is 22.4. The third kappa shape index (κ3) is 4.63. The zero-order valence-corrected chi connectivity index (χ0v) is 13.4. The zero-order valence-electron chi connectivity index (χ0n) is 12.6. The minimum Gasteiger partial charge on any atom is -0.304 e. The molecule has 2 unspecified atom stereocenters. The molecule has 0 bridgehead atoms. The number of hydrogen-bond acceptors (Lipinski definition) is 4. The molecule has 0 spiro atoms. The molecule has 6 heteroatoms. The van der Waals surface area contributed by atoms with E-state index in [1.54, 1.807) is 6.07 Å². The first-order valence-corrected chi connectivity index (χ1v) is 7.66. The lowest BCUT2D eigenvalue weighted by atomic mass is 9.97. The van der Waals surface area contributed by atoms with Crippen molar-refractivity contribution in [2.45, 2.75) is 24.9 Å². The van der Waals surface area contributed by atoms with Crippen LogP contribution in [0.3, 0.4) is 0 Å². The summed E-state index contributed by atoms with van der Waals surface area (Å²) in [5.74, 6) is 5.39. The molecule has 1 aromatic carbocycles. The van der Waals surface area contributed by atoms with Gasteiger partial charge in [0.15, 0.2) is 0 Å². The Balaban J connectivity index is 1.99. The second-order valence-electron chi connectivity index (χ2n) is 5.94. The summed E-state index contributed by atoms with van der Waals surface area (Å²) in [5.41, 5.74) is 3.80. The second-order valence-corrected chi connectivity index (χ2v) is 6.34. The van der Waals surface area contributed by atoms with E-state index in [1.165, 1.54) is 12.1 Å². The zero-order chi connectivity index (χ0) is 15.4. The lowest BCUT2D eigenvalue weighted by Gasteiger charge is -2.39. The summed E-state index contributed by atoms with van der Waals surface area (Å²) in [6.07, 6.45) is 1.63. The van der Waals surface area contributed by atoms with Gasteiger partial charge < -0.3 is 9.80 Å². The van der Waals surface area contributed by atoms with Gasteiger partial charge in [-0.05, 0) is 44.6 Å². The molecule has 0 aromatic heterocycles. The fourth-order valence-electron chi connectivity index (χ4n) is 2.85. The van der Waals surface area contributed by atoms with Gasteiger partial charge in [0.1, 0.15) is 5.82 Å². The summed E-state index contributed by atoms with van der Waals surface area (Å²) < 4.78 is 13.1. The van der Waals surface area contributed by atoms with Crippen molar-refractivity contribution in [3.8, 4) is 0 Å². The van der Waals surface area contributed by atoms with E-state index in [0.29, 0.717) is 17.5 Å². The van der Waals surface area contributed by atoms with Gasteiger partial charge in [-0.1, -0.05) is 17.7 Å². The molecule has 2 atom stereocenters. The number of hydrogen-bond donors (Lipinski definition) is 2. The number of hydrazine groups is 1. The molecule has 21 heavy (non-hydrogen) atoms. The first kappa shape index (κ1) is 16.6. The molecule has 0 saturated carbocycles. The van der Waals surface area contributed by atoms with Crippen molar-refractivity contribution >= 4 is 11.6 Å². The number of rotatable bonds is 5. The molecule has 2 rings (SSSR count). The van der Waals surface area contributed by atoms with Crippen LogP contribution in [0.25, 0.3) is 0 Å². The van der Waals surface area contributed by atoms with E-state index in [9.17, 15) is 4.39 Å². The highest BCUT2D eigenvalue weighted by Crippen LogP contribution is 2.21. The minimum absolute atomic E-state index is 0.118. The molecular weight excluding hydrogens is 291 g/mol. The molecule has 1 aromatic rings. The Kier molecular flexibility index (Phi) is 5.96. The van der Waals surface area contributed by atoms with Gasteiger partial charge in [-0.2, -0.15) is 0 Å². The first-order valence-electron chi connectivity index (χ1n) is 7.28. The quantitative estimate of drug-likeness (QED) is 0.638. The van der Waals surface area contributed by atoms with E-state index >= 15 is 0 Å². The lowest BCUT2D eigenvalue weighted by molar-refractivity contribution is 0.101. The molecule has 1 aliphatic rings. The molecule has 3 N–H and O–H groups in total. The molecular formula is C15H24ClFN4. The van der Waals surface area contributed by atoms with Gasteiger partial charge in [0.05, 0.1) is 0 Å². The van der Waals surface area contributed by atoms with Gasteiger partial charge in [-0.15, -0.1) is 0 Å². The Morgan fingerprint density at radius 2 is 2.19 bits per heavy atom. The van der Waals surface area contributed by atoms with Crippen molar-refractivity contribution in [1.82, 2.24) is 15.2 Å². The maximum Gasteiger partial charge on any atom is 0.124 e. The number of nitrogens with zero attached hydrogens (tertiary/aromatic N) is 2. The topological polar surface area (TPSA) is 44.5 Å². The number of benzene rings is 1. The highest BCUT2D eigenvalue weighted by Gasteiger charge is 2.25. The Morgan fingerprint density at radius 3 is 2.86 bits per heavy atom. The summed E-state index contributed by atoms with van der Waals surface area (Å²) in [4.78, 5) is 4.71. The Morgan fingerprint density at radius 1 is 1.43 bits per heavy atom. The summed E-state index contributed by atoms with van der Waals surface area (Å²) in [6.45, 7) is 3.19. The van der Waals surface area contributed by atoms with Crippen molar-refractivity contribution in [3.05, 3.63) is 34.6 Å². The minimum atomic E-state index is -0.311. The fraction of sp³-hybridized carbons (Fsp3) is 0.600. The molecule has 1 aliphatic heterocycles. The van der Waals surface area contributed by atoms with Crippen LogP contribution in [0.5, 0.6) is 0 Å². The van der Waals surface area contributed by atoms with Gasteiger partial charge in [0, 0.05) is 36.7 Å². The highest BCUT2D eigenvalue weighted by atomic mass is 35.5. The molecule has 0 aliphatic carbocycles. The van der Waals surface area contributed by atoms with E-state index in [4.69, 9.17) is 17.4 Å². The first-order chi connectivity index (χ1) is 9.99. The third-order valence-electron chi connectivity index (χ3n) is 4.25. The van der Waals surface area contributed by atoms with E-state index in [2.05, 4.69) is 29.3 Å². The predicted octanol–water partition coefficient (Wildman–Crippen LogP) is 1.49. The predicted molar refractivity (Wildman–Crippen MR) is 84.8 cm³/mol. The van der Waals surface area contributed by atoms with Crippen molar-refractivity contribution < 1.29 is 4.39 Å². The largest absolute Gasteiger partial charge is 0.304 e. The van der Waals surface area contributed by atoms with Gasteiger partial charge in [-0.25, -0.2) is 4.39 Å². The Hall–Kier alpha value is -0.720. The number of likely N-dealkylation sites (N-methyl/N-ethyl adjacent to an activating group) is 2. The average molecular weight is 315 g/mol. The summed E-state index contributed by atoms with van der Waals surface area (Å²) in [6, 6.07) is 5.11. The average Bonchev–Trinajstić information content (AvgIpc) is 2.44. The van der Waals surface area contributed by atoms with Crippen LogP contribution in [-0.4, -0.2) is 55.6 Å². The molecule has 1 fully saturated rings. The molecule has 1 heterocycles. The third-order valence-corrected chi connectivity index (χ3v) is 4.61. The maximum absolute atomic E-state index is 13.1. The van der Waals surface area contributed by atoms with Crippen LogP contribution in [-0.2, 0) is 6.42 Å². The van der Waals surface area contributed by atoms with Crippen LogP contribution in [0.1, 0.15) is 12.0 Å². The molecule has 1 saturated heterocycles. The number of nitrogens with one attached hydrogen (secondary N) is 1. The standard InChI is InChI=1S/C15H24ClFN4/c1-20-5-6-21(2)14(10-20)9-13(19-18)7-11-3-4-12(17)8-15(11)16/h3-4,8,13-14,19H,5-7,9-10,18H2,1-2H3. The maximum atomic E-state index is 13.1. The van der Waals surface area contributed by atoms with Crippen LogP contribution < -0.4 is 11.3 Å². The van der Waals surface area contributed by atoms with Crippen molar-refractivity contribution in [1.29, 1.82) is 0 Å². The van der Waals surface area contributed by atoms with Crippen molar-refractivity contribution in [2.24, 2.45) is 5.84 Å². The van der Waals surface area contributed by atoms with Crippen LogP contribution in [0.4, 0.5) is 4.39 Å². The number of nitrogens with two attached hydrogens (primary N) is 1. The summed E-state index contributed by atoms with van der Waals surface area (Å²) in [7, 11) is 4.29. The van der Waals surface area contributed by atoms with E-state index in [0.717, 1.165) is 31.6 Å².